The molecular formula is C20H18ClN3O4. The minimum absolute atomic E-state index is 0.215. The molecule has 2 amide bonds. The average molecular weight is 400 g/mol. The Kier molecular flexibility index (Phi) is 5.96. The summed E-state index contributed by atoms with van der Waals surface area (Å²) in [7, 11) is 1.49. The molecule has 3 rings (SSSR count). The molecule has 0 fully saturated rings. The molecule has 0 saturated carbocycles. The standard InChI is InChI=1S/C20H18ClN3O4/c1-12(25)23-13-5-7-17(27-2)16(10-13)24-19(26)11-28-18-8-6-15(21)14-4-3-9-22-20(14)18/h3-10H,11H2,1-2H3,(H,23,25)(H,24,26). The van der Waals surface area contributed by atoms with Gasteiger partial charge in [0.05, 0.1) is 17.8 Å². The van der Waals surface area contributed by atoms with E-state index >= 15 is 0 Å². The highest BCUT2D eigenvalue weighted by atomic mass is 35.5. The molecule has 0 unspecified atom stereocenters. The quantitative estimate of drug-likeness (QED) is 0.656. The third-order valence-corrected chi connectivity index (χ3v) is 4.16. The number of fused-ring (bicyclic) bond motifs is 1. The van der Waals surface area contributed by atoms with Crippen molar-refractivity contribution < 1.29 is 19.1 Å². The maximum atomic E-state index is 12.4. The van der Waals surface area contributed by atoms with Gasteiger partial charge in [-0.2, -0.15) is 0 Å². The minimum atomic E-state index is -0.391. The summed E-state index contributed by atoms with van der Waals surface area (Å²) in [4.78, 5) is 27.9. The zero-order valence-electron chi connectivity index (χ0n) is 15.3. The number of methoxy groups -OCH3 is 1. The number of carbonyl (C=O) groups is 2. The fourth-order valence-corrected chi connectivity index (χ4v) is 2.86. The molecule has 0 aliphatic carbocycles. The van der Waals surface area contributed by atoms with E-state index in [1.54, 1.807) is 42.6 Å². The molecule has 2 aromatic carbocycles. The number of ether oxygens (including phenoxy) is 2. The van der Waals surface area contributed by atoms with Crippen LogP contribution >= 0.6 is 11.6 Å². The number of aromatic nitrogens is 1. The molecule has 1 heterocycles. The zero-order valence-corrected chi connectivity index (χ0v) is 16.0. The van der Waals surface area contributed by atoms with E-state index in [1.807, 2.05) is 6.07 Å². The van der Waals surface area contributed by atoms with Gasteiger partial charge in [0.15, 0.2) is 6.61 Å². The third kappa shape index (κ3) is 4.50. The molecule has 0 bridgehead atoms. The smallest absolute Gasteiger partial charge is 0.262 e. The molecule has 7 nitrogen and oxygen atoms in total. The van der Waals surface area contributed by atoms with Gasteiger partial charge in [0.2, 0.25) is 5.91 Å². The number of benzene rings is 2. The number of nitrogens with one attached hydrogen (secondary N) is 2. The first-order valence-corrected chi connectivity index (χ1v) is 8.77. The number of pyridine rings is 1. The van der Waals surface area contributed by atoms with Crippen molar-refractivity contribution >= 4 is 45.7 Å². The lowest BCUT2D eigenvalue weighted by Crippen LogP contribution is -2.21. The average Bonchev–Trinajstić information content (AvgIpc) is 2.67. The van der Waals surface area contributed by atoms with E-state index in [9.17, 15) is 9.59 Å². The fourth-order valence-electron chi connectivity index (χ4n) is 2.64. The minimum Gasteiger partial charge on any atom is -0.495 e. The van der Waals surface area contributed by atoms with Crippen molar-refractivity contribution in [2.75, 3.05) is 24.4 Å². The van der Waals surface area contributed by atoms with Crippen LogP contribution in [0.4, 0.5) is 11.4 Å². The van der Waals surface area contributed by atoms with Crippen LogP contribution in [0.25, 0.3) is 10.9 Å². The summed E-state index contributed by atoms with van der Waals surface area (Å²) in [5.74, 6) is 0.306. The Bertz CT molecular complexity index is 1040. The SMILES string of the molecule is COc1ccc(NC(C)=O)cc1NC(=O)COc1ccc(Cl)c2cccnc12. The van der Waals surface area contributed by atoms with E-state index < -0.39 is 5.91 Å². The Balaban J connectivity index is 1.73. The highest BCUT2D eigenvalue weighted by Crippen LogP contribution is 2.30. The topological polar surface area (TPSA) is 89.6 Å². The summed E-state index contributed by atoms with van der Waals surface area (Å²) in [5, 5.41) is 6.67. The number of anilines is 2. The second-order valence-electron chi connectivity index (χ2n) is 5.88. The molecule has 144 valence electrons. The highest BCUT2D eigenvalue weighted by molar-refractivity contribution is 6.35. The molecule has 2 N–H and O–H groups in total. The van der Waals surface area contributed by atoms with E-state index in [4.69, 9.17) is 21.1 Å². The van der Waals surface area contributed by atoms with Gasteiger partial charge in [-0.3, -0.25) is 14.6 Å². The molecule has 0 atom stereocenters. The maximum Gasteiger partial charge on any atom is 0.262 e. The first-order chi connectivity index (χ1) is 13.5. The molecule has 8 heteroatoms. The van der Waals surface area contributed by atoms with Crippen LogP contribution in [-0.2, 0) is 9.59 Å². The summed E-state index contributed by atoms with van der Waals surface area (Å²) in [5.41, 5.74) is 1.53. The Labute approximate surface area is 166 Å². The number of nitrogens with zero attached hydrogens (tertiary/aromatic N) is 1. The van der Waals surface area contributed by atoms with Crippen LogP contribution in [0.2, 0.25) is 5.02 Å². The van der Waals surface area contributed by atoms with Crippen LogP contribution in [0.1, 0.15) is 6.92 Å². The second kappa shape index (κ2) is 8.58. The molecule has 0 spiro atoms. The van der Waals surface area contributed by atoms with Crippen molar-refractivity contribution in [3.8, 4) is 11.5 Å². The van der Waals surface area contributed by atoms with Crippen LogP contribution < -0.4 is 20.1 Å². The molecule has 0 radical (unpaired) electrons. The van der Waals surface area contributed by atoms with Gasteiger partial charge in [-0.15, -0.1) is 0 Å². The van der Waals surface area contributed by atoms with Crippen molar-refractivity contribution in [3.63, 3.8) is 0 Å². The van der Waals surface area contributed by atoms with Gasteiger partial charge in [-0.1, -0.05) is 11.6 Å². The summed E-state index contributed by atoms with van der Waals surface area (Å²) < 4.78 is 10.9. The van der Waals surface area contributed by atoms with Gasteiger partial charge < -0.3 is 20.1 Å². The second-order valence-corrected chi connectivity index (χ2v) is 6.29. The molecule has 28 heavy (non-hydrogen) atoms. The summed E-state index contributed by atoms with van der Waals surface area (Å²) in [6, 6.07) is 11.9. The number of carbonyl (C=O) groups excluding carboxylic acids is 2. The number of rotatable bonds is 6. The van der Waals surface area contributed by atoms with Gasteiger partial charge in [0, 0.05) is 24.2 Å². The van der Waals surface area contributed by atoms with Gasteiger partial charge in [0.1, 0.15) is 17.0 Å². The lowest BCUT2D eigenvalue weighted by molar-refractivity contribution is -0.118. The first-order valence-electron chi connectivity index (χ1n) is 8.39. The largest absolute Gasteiger partial charge is 0.495 e. The molecule has 0 aliphatic rings. The van der Waals surface area contributed by atoms with Gasteiger partial charge >= 0.3 is 0 Å². The van der Waals surface area contributed by atoms with E-state index in [2.05, 4.69) is 15.6 Å². The number of amides is 2. The number of hydrogen-bond acceptors (Lipinski definition) is 5. The summed E-state index contributed by atoms with van der Waals surface area (Å²) >= 11 is 6.16. The van der Waals surface area contributed by atoms with Crippen molar-refractivity contribution in [1.29, 1.82) is 0 Å². The lowest BCUT2D eigenvalue weighted by Gasteiger charge is -2.13. The van der Waals surface area contributed by atoms with Crippen molar-refractivity contribution in [2.45, 2.75) is 6.92 Å². The molecule has 3 aromatic rings. The van der Waals surface area contributed by atoms with Gasteiger partial charge in [-0.25, -0.2) is 0 Å². The Morgan fingerprint density at radius 1 is 1.11 bits per heavy atom. The monoisotopic (exact) mass is 399 g/mol. The highest BCUT2D eigenvalue weighted by Gasteiger charge is 2.12. The molecule has 0 saturated heterocycles. The van der Waals surface area contributed by atoms with E-state index in [1.165, 1.54) is 14.0 Å². The van der Waals surface area contributed by atoms with Crippen LogP contribution in [0.5, 0.6) is 11.5 Å². The fraction of sp³-hybridized carbons (Fsp3) is 0.150. The molecule has 0 aliphatic heterocycles. The number of halogens is 1. The van der Waals surface area contributed by atoms with Crippen LogP contribution in [0.3, 0.4) is 0 Å². The molecule has 1 aromatic heterocycles. The van der Waals surface area contributed by atoms with Gasteiger partial charge in [0.25, 0.3) is 5.91 Å². The van der Waals surface area contributed by atoms with Crippen LogP contribution in [0.15, 0.2) is 48.7 Å². The van der Waals surface area contributed by atoms with Crippen LogP contribution in [0, 0.1) is 0 Å². The Hall–Kier alpha value is -3.32. The summed E-state index contributed by atoms with van der Waals surface area (Å²) in [6.45, 7) is 1.17. The predicted molar refractivity (Wildman–Crippen MR) is 108 cm³/mol. The van der Waals surface area contributed by atoms with Crippen molar-refractivity contribution in [2.24, 2.45) is 0 Å². The van der Waals surface area contributed by atoms with Crippen molar-refractivity contribution in [3.05, 3.63) is 53.7 Å². The van der Waals surface area contributed by atoms with Crippen LogP contribution in [-0.4, -0.2) is 30.5 Å². The first kappa shape index (κ1) is 19.4. The lowest BCUT2D eigenvalue weighted by atomic mass is 10.2. The van der Waals surface area contributed by atoms with E-state index in [0.717, 1.165) is 5.39 Å². The van der Waals surface area contributed by atoms with Crippen molar-refractivity contribution in [1.82, 2.24) is 4.98 Å². The van der Waals surface area contributed by atoms with E-state index in [0.29, 0.717) is 33.4 Å². The maximum absolute atomic E-state index is 12.4. The summed E-state index contributed by atoms with van der Waals surface area (Å²) in [6.07, 6.45) is 1.63. The van der Waals surface area contributed by atoms with Gasteiger partial charge in [-0.05, 0) is 42.5 Å². The zero-order chi connectivity index (χ0) is 20.1. The Morgan fingerprint density at radius 2 is 1.89 bits per heavy atom. The predicted octanol–water partition coefficient (Wildman–Crippen LogP) is 3.87. The number of hydrogen-bond donors (Lipinski definition) is 2. The molecular weight excluding hydrogens is 382 g/mol. The third-order valence-electron chi connectivity index (χ3n) is 3.83. The Morgan fingerprint density at radius 3 is 2.64 bits per heavy atom. The normalized spacial score (nSPS) is 10.4. The van der Waals surface area contributed by atoms with E-state index in [-0.39, 0.29) is 12.5 Å².